The zero-order valence-corrected chi connectivity index (χ0v) is 18.6. The maximum atomic E-state index is 12.8. The number of nitrogens with zero attached hydrogens (tertiary/aromatic N) is 2. The van der Waals surface area contributed by atoms with Crippen molar-refractivity contribution in [1.29, 1.82) is 0 Å². The first kappa shape index (κ1) is 22.5. The summed E-state index contributed by atoms with van der Waals surface area (Å²) >= 11 is 5.90. The van der Waals surface area contributed by atoms with Crippen LogP contribution in [-0.4, -0.2) is 48.3 Å². The fourth-order valence-electron chi connectivity index (χ4n) is 2.70. The Balaban J connectivity index is 2.56. The van der Waals surface area contributed by atoms with Crippen LogP contribution in [0.5, 0.6) is 0 Å². The molecule has 0 heterocycles. The van der Waals surface area contributed by atoms with Crippen LogP contribution in [0.1, 0.15) is 13.8 Å². The van der Waals surface area contributed by atoms with Gasteiger partial charge in [0.25, 0.3) is 10.0 Å². The van der Waals surface area contributed by atoms with E-state index in [1.165, 1.54) is 34.6 Å². The van der Waals surface area contributed by atoms with E-state index in [0.29, 0.717) is 18.8 Å². The number of benzene rings is 2. The molecular formula is C18H24ClN3O4S2. The van der Waals surface area contributed by atoms with Gasteiger partial charge in [-0.15, -0.1) is 0 Å². The lowest BCUT2D eigenvalue weighted by molar-refractivity contribution is 0.445. The highest BCUT2D eigenvalue weighted by Gasteiger charge is 2.24. The van der Waals surface area contributed by atoms with Crippen LogP contribution in [0.4, 0.5) is 11.4 Å². The van der Waals surface area contributed by atoms with Crippen LogP contribution in [0, 0.1) is 0 Å². The minimum Gasteiger partial charge on any atom is -0.376 e. The Hall–Kier alpha value is -1.81. The molecule has 7 nitrogen and oxygen atoms in total. The molecule has 2 aromatic rings. The minimum absolute atomic E-state index is 0.0123. The summed E-state index contributed by atoms with van der Waals surface area (Å²) in [5.41, 5.74) is 0.697. The van der Waals surface area contributed by atoms with Crippen molar-refractivity contribution in [3.63, 3.8) is 0 Å². The fourth-order valence-corrected chi connectivity index (χ4v) is 5.55. The van der Waals surface area contributed by atoms with E-state index < -0.39 is 20.0 Å². The summed E-state index contributed by atoms with van der Waals surface area (Å²) in [6, 6.07) is 10.2. The van der Waals surface area contributed by atoms with E-state index in [4.69, 9.17) is 11.6 Å². The number of sulfonamides is 2. The van der Waals surface area contributed by atoms with Crippen molar-refractivity contribution in [3.8, 4) is 0 Å². The first-order valence-corrected chi connectivity index (χ1v) is 11.9. The molecule has 0 aliphatic carbocycles. The van der Waals surface area contributed by atoms with Gasteiger partial charge >= 0.3 is 0 Å². The molecule has 0 aliphatic heterocycles. The van der Waals surface area contributed by atoms with Crippen LogP contribution in [0.25, 0.3) is 0 Å². The maximum Gasteiger partial charge on any atom is 0.262 e. The Bertz CT molecular complexity index is 1050. The van der Waals surface area contributed by atoms with E-state index in [1.807, 2.05) is 0 Å². The monoisotopic (exact) mass is 445 g/mol. The second kappa shape index (κ2) is 8.69. The number of halogens is 1. The number of hydrogen-bond donors (Lipinski definition) is 1. The average molecular weight is 446 g/mol. The van der Waals surface area contributed by atoms with Crippen molar-refractivity contribution in [2.75, 3.05) is 36.8 Å². The smallest absolute Gasteiger partial charge is 0.262 e. The first-order valence-electron chi connectivity index (χ1n) is 8.62. The average Bonchev–Trinajstić information content (AvgIpc) is 2.62. The van der Waals surface area contributed by atoms with Gasteiger partial charge in [-0.3, -0.25) is 4.72 Å². The minimum atomic E-state index is -3.96. The van der Waals surface area contributed by atoms with Gasteiger partial charge in [0.2, 0.25) is 10.0 Å². The van der Waals surface area contributed by atoms with E-state index in [1.54, 1.807) is 45.0 Å². The van der Waals surface area contributed by atoms with E-state index in [-0.39, 0.29) is 20.5 Å². The molecule has 2 aromatic carbocycles. The van der Waals surface area contributed by atoms with Crippen LogP contribution >= 0.6 is 11.6 Å². The van der Waals surface area contributed by atoms with Crippen LogP contribution in [0.2, 0.25) is 5.02 Å². The summed E-state index contributed by atoms with van der Waals surface area (Å²) in [5.74, 6) is 0. The molecule has 0 saturated carbocycles. The molecule has 0 aromatic heterocycles. The molecular weight excluding hydrogens is 422 g/mol. The number of anilines is 2. The Labute approximate surface area is 172 Å². The normalized spacial score (nSPS) is 12.2. The zero-order chi connectivity index (χ0) is 21.1. The topological polar surface area (TPSA) is 86.8 Å². The SMILES string of the molecule is CCN(CC)S(=O)(=O)c1ccc(N(C)C)c(NS(=O)(=O)c2cccc(Cl)c2)c1. The van der Waals surface area contributed by atoms with Crippen LogP contribution in [0.15, 0.2) is 52.3 Å². The third kappa shape index (κ3) is 4.78. The molecule has 0 atom stereocenters. The third-order valence-electron chi connectivity index (χ3n) is 4.14. The van der Waals surface area contributed by atoms with Crippen molar-refractivity contribution >= 4 is 43.0 Å². The van der Waals surface area contributed by atoms with Crippen LogP contribution in [-0.2, 0) is 20.0 Å². The molecule has 10 heteroatoms. The van der Waals surface area contributed by atoms with E-state index in [9.17, 15) is 16.8 Å². The fraction of sp³-hybridized carbons (Fsp3) is 0.333. The number of hydrogen-bond acceptors (Lipinski definition) is 5. The molecule has 0 unspecified atom stereocenters. The molecule has 0 bridgehead atoms. The van der Waals surface area contributed by atoms with Gasteiger partial charge in [0, 0.05) is 32.2 Å². The molecule has 2 rings (SSSR count). The summed E-state index contributed by atoms with van der Waals surface area (Å²) < 4.78 is 55.0. The quantitative estimate of drug-likeness (QED) is 0.674. The van der Waals surface area contributed by atoms with Crippen LogP contribution in [0.3, 0.4) is 0 Å². The lowest BCUT2D eigenvalue weighted by atomic mass is 10.2. The molecule has 0 radical (unpaired) electrons. The van der Waals surface area contributed by atoms with Gasteiger partial charge in [-0.2, -0.15) is 4.31 Å². The van der Waals surface area contributed by atoms with Crippen molar-refractivity contribution in [1.82, 2.24) is 4.31 Å². The molecule has 28 heavy (non-hydrogen) atoms. The third-order valence-corrected chi connectivity index (χ3v) is 7.79. The largest absolute Gasteiger partial charge is 0.376 e. The molecule has 1 N–H and O–H groups in total. The highest BCUT2D eigenvalue weighted by atomic mass is 35.5. The van der Waals surface area contributed by atoms with E-state index >= 15 is 0 Å². The van der Waals surface area contributed by atoms with E-state index in [2.05, 4.69) is 4.72 Å². The Morgan fingerprint density at radius 3 is 2.11 bits per heavy atom. The molecule has 0 amide bonds. The highest BCUT2D eigenvalue weighted by Crippen LogP contribution is 2.31. The van der Waals surface area contributed by atoms with Crippen molar-refractivity contribution in [3.05, 3.63) is 47.5 Å². The van der Waals surface area contributed by atoms with Gasteiger partial charge in [-0.05, 0) is 36.4 Å². The standard InChI is InChI=1S/C18H24ClN3O4S2/c1-5-22(6-2)28(25,26)16-10-11-18(21(3)4)17(13-16)20-27(23,24)15-9-7-8-14(19)12-15/h7-13,20H,5-6H2,1-4H3. The van der Waals surface area contributed by atoms with Gasteiger partial charge in [0.05, 0.1) is 21.2 Å². The summed E-state index contributed by atoms with van der Waals surface area (Å²) in [5, 5.41) is 0.286. The molecule has 0 aliphatic rings. The highest BCUT2D eigenvalue weighted by molar-refractivity contribution is 7.92. The Morgan fingerprint density at radius 1 is 0.929 bits per heavy atom. The zero-order valence-electron chi connectivity index (χ0n) is 16.2. The molecule has 0 spiro atoms. The predicted molar refractivity (Wildman–Crippen MR) is 113 cm³/mol. The molecule has 0 fully saturated rings. The van der Waals surface area contributed by atoms with Gasteiger partial charge in [0.1, 0.15) is 0 Å². The second-order valence-corrected chi connectivity index (χ2v) is 10.3. The summed E-state index contributed by atoms with van der Waals surface area (Å²) in [4.78, 5) is 1.70. The van der Waals surface area contributed by atoms with E-state index in [0.717, 1.165) is 0 Å². The first-order chi connectivity index (χ1) is 13.0. The Morgan fingerprint density at radius 2 is 1.57 bits per heavy atom. The number of rotatable bonds is 8. The van der Waals surface area contributed by atoms with Crippen molar-refractivity contribution in [2.45, 2.75) is 23.6 Å². The molecule has 0 saturated heterocycles. The molecule has 154 valence electrons. The summed E-state index contributed by atoms with van der Waals surface area (Å²) in [6.07, 6.45) is 0. The lowest BCUT2D eigenvalue weighted by Gasteiger charge is -2.22. The lowest BCUT2D eigenvalue weighted by Crippen LogP contribution is -2.30. The van der Waals surface area contributed by atoms with Crippen molar-refractivity contribution < 1.29 is 16.8 Å². The predicted octanol–water partition coefficient (Wildman–Crippen LogP) is 3.24. The van der Waals surface area contributed by atoms with Gasteiger partial charge < -0.3 is 4.90 Å². The summed E-state index contributed by atoms with van der Waals surface area (Å²) in [7, 11) is -4.21. The maximum absolute atomic E-state index is 12.8. The summed E-state index contributed by atoms with van der Waals surface area (Å²) in [6.45, 7) is 4.13. The van der Waals surface area contributed by atoms with Gasteiger partial charge in [0.15, 0.2) is 0 Å². The van der Waals surface area contributed by atoms with Crippen LogP contribution < -0.4 is 9.62 Å². The second-order valence-electron chi connectivity index (χ2n) is 6.23. The number of nitrogens with one attached hydrogen (secondary N) is 1. The Kier molecular flexibility index (Phi) is 6.97. The van der Waals surface area contributed by atoms with Gasteiger partial charge in [-0.25, -0.2) is 16.8 Å². The van der Waals surface area contributed by atoms with Gasteiger partial charge in [-0.1, -0.05) is 31.5 Å². The van der Waals surface area contributed by atoms with Crippen molar-refractivity contribution in [2.24, 2.45) is 0 Å².